The van der Waals surface area contributed by atoms with E-state index in [2.05, 4.69) is 6.07 Å². The first kappa shape index (κ1) is 22.4. The zero-order valence-electron chi connectivity index (χ0n) is 17.3. The van der Waals surface area contributed by atoms with Crippen LogP contribution in [0.15, 0.2) is 46.9 Å². The van der Waals surface area contributed by atoms with E-state index in [0.29, 0.717) is 30.5 Å². The van der Waals surface area contributed by atoms with Gasteiger partial charge < -0.3 is 5.73 Å². The van der Waals surface area contributed by atoms with E-state index in [4.69, 9.17) is 17.3 Å². The van der Waals surface area contributed by atoms with E-state index in [9.17, 15) is 23.2 Å². The molecule has 0 radical (unpaired) electrons. The molecule has 4 nitrogen and oxygen atoms in total. The Morgan fingerprint density at radius 1 is 1.25 bits per heavy atom. The van der Waals surface area contributed by atoms with E-state index in [-0.39, 0.29) is 27.9 Å². The van der Waals surface area contributed by atoms with Crippen molar-refractivity contribution in [1.82, 2.24) is 0 Å². The number of hydrogen-bond acceptors (Lipinski definition) is 5. The van der Waals surface area contributed by atoms with Crippen molar-refractivity contribution in [2.24, 2.45) is 5.73 Å². The summed E-state index contributed by atoms with van der Waals surface area (Å²) in [6.45, 7) is 3.86. The largest absolute Gasteiger partial charge is 0.416 e. The van der Waals surface area contributed by atoms with Crippen molar-refractivity contribution in [2.75, 3.05) is 4.90 Å². The second-order valence-corrected chi connectivity index (χ2v) is 9.72. The molecule has 0 bridgehead atoms. The number of benzene rings is 1. The lowest BCUT2D eigenvalue weighted by Crippen LogP contribution is -2.39. The number of allylic oxidation sites excluding steroid dienone is 3. The van der Waals surface area contributed by atoms with Crippen molar-refractivity contribution in [1.29, 1.82) is 5.26 Å². The summed E-state index contributed by atoms with van der Waals surface area (Å²) < 4.78 is 40.2. The Hall–Kier alpha value is -2.76. The quantitative estimate of drug-likeness (QED) is 0.547. The van der Waals surface area contributed by atoms with Crippen LogP contribution in [0.4, 0.5) is 18.9 Å². The monoisotopic (exact) mass is 477 g/mol. The molecule has 9 heteroatoms. The number of ketones is 1. The van der Waals surface area contributed by atoms with Gasteiger partial charge in [0.1, 0.15) is 5.82 Å². The smallest absolute Gasteiger partial charge is 0.384 e. The lowest BCUT2D eigenvalue weighted by Gasteiger charge is -2.40. The van der Waals surface area contributed by atoms with Gasteiger partial charge in [-0.3, -0.25) is 9.69 Å². The zero-order valence-corrected chi connectivity index (χ0v) is 18.9. The summed E-state index contributed by atoms with van der Waals surface area (Å²) in [6, 6.07) is 7.02. The van der Waals surface area contributed by atoms with Crippen LogP contribution in [0.1, 0.15) is 46.1 Å². The Kier molecular flexibility index (Phi) is 5.60. The van der Waals surface area contributed by atoms with E-state index < -0.39 is 17.7 Å². The third kappa shape index (κ3) is 3.59. The molecule has 1 aromatic heterocycles. The SMILES string of the molecule is Cc1cc([C@H]2C(C#N)=C(N)N(c3cc(C(F)(F)F)ccc3Cl)C3=C2C(=O)CCC3)c(C)s1. The maximum atomic E-state index is 13.4. The molecule has 2 aliphatic rings. The molecule has 0 saturated carbocycles. The van der Waals surface area contributed by atoms with E-state index >= 15 is 0 Å². The molecule has 4 rings (SSSR count). The molecular weight excluding hydrogens is 459 g/mol. The summed E-state index contributed by atoms with van der Waals surface area (Å²) in [5.41, 5.74) is 7.42. The number of alkyl halides is 3. The zero-order chi connectivity index (χ0) is 23.4. The van der Waals surface area contributed by atoms with Gasteiger partial charge in [0.25, 0.3) is 0 Å². The molecule has 32 heavy (non-hydrogen) atoms. The number of halogens is 4. The molecule has 2 heterocycles. The molecule has 0 saturated heterocycles. The second kappa shape index (κ2) is 7.98. The number of hydrogen-bond donors (Lipinski definition) is 1. The molecule has 0 fully saturated rings. The number of Topliss-reactive ketones (excluding diaryl/α,β-unsaturated/α-hetero) is 1. The number of carbonyl (C=O) groups is 1. The number of nitrogens with zero attached hydrogens (tertiary/aromatic N) is 2. The van der Waals surface area contributed by atoms with Crippen LogP contribution in [0.2, 0.25) is 5.02 Å². The molecule has 0 spiro atoms. The van der Waals surface area contributed by atoms with Gasteiger partial charge >= 0.3 is 6.18 Å². The van der Waals surface area contributed by atoms with Crippen molar-refractivity contribution in [3.05, 3.63) is 72.8 Å². The highest BCUT2D eigenvalue weighted by Crippen LogP contribution is 2.49. The topological polar surface area (TPSA) is 70.1 Å². The lowest BCUT2D eigenvalue weighted by atomic mass is 9.75. The number of anilines is 1. The van der Waals surface area contributed by atoms with Crippen LogP contribution in [0.3, 0.4) is 0 Å². The van der Waals surface area contributed by atoms with Crippen LogP contribution in [0, 0.1) is 25.2 Å². The molecule has 1 atom stereocenters. The highest BCUT2D eigenvalue weighted by molar-refractivity contribution is 7.12. The Bertz CT molecular complexity index is 1240. The average Bonchev–Trinajstić information content (AvgIpc) is 3.05. The van der Waals surface area contributed by atoms with Gasteiger partial charge in [0, 0.05) is 27.4 Å². The van der Waals surface area contributed by atoms with E-state index in [0.717, 1.165) is 33.5 Å². The fourth-order valence-electron chi connectivity index (χ4n) is 4.47. The van der Waals surface area contributed by atoms with Gasteiger partial charge in [-0.15, -0.1) is 11.3 Å². The van der Waals surface area contributed by atoms with Crippen molar-refractivity contribution >= 4 is 34.4 Å². The van der Waals surface area contributed by atoms with Gasteiger partial charge in [-0.25, -0.2) is 0 Å². The highest BCUT2D eigenvalue weighted by atomic mass is 35.5. The molecule has 1 aliphatic heterocycles. The highest BCUT2D eigenvalue weighted by Gasteiger charge is 2.42. The van der Waals surface area contributed by atoms with Gasteiger partial charge in [-0.1, -0.05) is 11.6 Å². The summed E-state index contributed by atoms with van der Waals surface area (Å²) in [6.07, 6.45) is -3.31. The van der Waals surface area contributed by atoms with Gasteiger partial charge in [-0.05, 0) is 56.5 Å². The second-order valence-electron chi connectivity index (χ2n) is 7.85. The predicted molar refractivity (Wildman–Crippen MR) is 118 cm³/mol. The number of carbonyl (C=O) groups excluding carboxylic acids is 1. The maximum Gasteiger partial charge on any atom is 0.416 e. The fraction of sp³-hybridized carbons (Fsp3) is 0.304. The first-order valence-electron chi connectivity index (χ1n) is 9.94. The van der Waals surface area contributed by atoms with Gasteiger partial charge in [-0.2, -0.15) is 18.4 Å². The summed E-state index contributed by atoms with van der Waals surface area (Å²) in [7, 11) is 0. The van der Waals surface area contributed by atoms with Crippen LogP contribution in [0.5, 0.6) is 0 Å². The minimum Gasteiger partial charge on any atom is -0.384 e. The van der Waals surface area contributed by atoms with Crippen molar-refractivity contribution < 1.29 is 18.0 Å². The van der Waals surface area contributed by atoms with Gasteiger partial charge in [0.2, 0.25) is 0 Å². The third-order valence-electron chi connectivity index (χ3n) is 5.82. The number of nitriles is 1. The number of rotatable bonds is 2. The predicted octanol–water partition coefficient (Wildman–Crippen LogP) is 6.34. The molecule has 2 N–H and O–H groups in total. The van der Waals surface area contributed by atoms with Crippen LogP contribution in [-0.2, 0) is 11.0 Å². The third-order valence-corrected chi connectivity index (χ3v) is 7.12. The Balaban J connectivity index is 2.01. The Morgan fingerprint density at radius 2 is 1.97 bits per heavy atom. The Labute approximate surface area is 192 Å². The Morgan fingerprint density at radius 3 is 2.56 bits per heavy atom. The lowest BCUT2D eigenvalue weighted by molar-refractivity contribution is -0.137. The van der Waals surface area contributed by atoms with Crippen LogP contribution in [0.25, 0.3) is 0 Å². The molecule has 1 aliphatic carbocycles. The summed E-state index contributed by atoms with van der Waals surface area (Å²) in [5, 5.41) is 10.1. The summed E-state index contributed by atoms with van der Waals surface area (Å²) in [5.74, 6) is -0.781. The molecule has 166 valence electrons. The molecule has 2 aromatic rings. The first-order valence-corrected chi connectivity index (χ1v) is 11.1. The molecule has 0 unspecified atom stereocenters. The molecule has 1 aromatic carbocycles. The molecule has 0 amide bonds. The number of aryl methyl sites for hydroxylation is 2. The maximum absolute atomic E-state index is 13.4. The van der Waals surface area contributed by atoms with E-state index in [1.165, 1.54) is 4.90 Å². The standard InChI is InChI=1S/C23H19ClF3N3OS/c1-11-8-14(12(2)32-11)20-15(10-28)22(29)30(17-4-3-5-19(31)21(17)20)18-9-13(23(25,26)27)6-7-16(18)24/h6-9,20H,3-5,29H2,1-2H3/t20-/m0/s1. The normalized spacial score (nSPS) is 19.3. The first-order chi connectivity index (χ1) is 15.0. The number of nitrogens with two attached hydrogens (primary N) is 1. The van der Waals surface area contributed by atoms with Crippen molar-refractivity contribution in [2.45, 2.75) is 45.2 Å². The minimum absolute atomic E-state index is 0.00423. The average molecular weight is 478 g/mol. The van der Waals surface area contributed by atoms with E-state index in [1.807, 2.05) is 19.9 Å². The van der Waals surface area contributed by atoms with Crippen LogP contribution < -0.4 is 10.6 Å². The molecular formula is C23H19ClF3N3OS. The van der Waals surface area contributed by atoms with E-state index in [1.54, 1.807) is 11.3 Å². The number of thiophene rings is 1. The summed E-state index contributed by atoms with van der Waals surface area (Å²) in [4.78, 5) is 16.5. The van der Waals surface area contributed by atoms with Gasteiger partial charge in [0.05, 0.1) is 33.8 Å². The van der Waals surface area contributed by atoms with Crippen molar-refractivity contribution in [3.63, 3.8) is 0 Å². The van der Waals surface area contributed by atoms with Crippen molar-refractivity contribution in [3.8, 4) is 6.07 Å². The summed E-state index contributed by atoms with van der Waals surface area (Å²) >= 11 is 7.86. The van der Waals surface area contributed by atoms with Crippen LogP contribution in [-0.4, -0.2) is 5.78 Å². The minimum atomic E-state index is -4.58. The fourth-order valence-corrected chi connectivity index (χ4v) is 5.64. The van der Waals surface area contributed by atoms with Crippen LogP contribution >= 0.6 is 22.9 Å². The van der Waals surface area contributed by atoms with Gasteiger partial charge in [0.15, 0.2) is 5.78 Å².